The Labute approximate surface area is 790 Å². The van der Waals surface area contributed by atoms with Crippen LogP contribution in [-0.4, -0.2) is 201 Å². The van der Waals surface area contributed by atoms with Crippen LogP contribution in [0.5, 0.6) is 46.0 Å². The summed E-state index contributed by atoms with van der Waals surface area (Å²) in [6.07, 6.45) is -4.92. The third-order valence-corrected chi connectivity index (χ3v) is 22.1. The number of hydrogen-bond donors (Lipinski definition) is 4. The number of carbonyl (C=O) groups is 4. The molecule has 4 aromatic rings. The van der Waals surface area contributed by atoms with Crippen LogP contribution in [0.4, 0.5) is 0 Å². The fraction of sp³-hybridized carbons (Fsp3) is 0.708. The minimum atomic E-state index is -3.82. The molecule has 0 bridgehead atoms. The molecular formula is C96H152N8O16. The van der Waals surface area contributed by atoms with Gasteiger partial charge in [-0.25, -0.2) is 0 Å². The maximum Gasteiger partial charge on any atom is 0.323 e. The number of rotatable bonds is 28. The maximum atomic E-state index is 13.5. The van der Waals surface area contributed by atoms with E-state index in [4.69, 9.17) is 143 Å². The molecule has 0 aliphatic carbocycles. The zero-order valence-corrected chi connectivity index (χ0v) is 70.6. The van der Waals surface area contributed by atoms with Crippen LogP contribution in [0.15, 0.2) is 48.3 Å². The first-order valence-electron chi connectivity index (χ1n) is 65.3. The maximum absolute atomic E-state index is 13.5. The molecule has 4 aromatic carbocycles. The number of piperidine rings is 4. The minimum Gasteiger partial charge on any atom is -0.493 e. The fourth-order valence-corrected chi connectivity index (χ4v) is 16.5. The van der Waals surface area contributed by atoms with E-state index in [-0.39, 0.29) is 212 Å². The number of carbonyl (C=O) groups excluding carboxylic acids is 4. The van der Waals surface area contributed by atoms with Crippen molar-refractivity contribution in [1.29, 1.82) is 0 Å². The Hall–Kier alpha value is -7.16. The summed E-state index contributed by atoms with van der Waals surface area (Å²) < 4.78 is 478. The van der Waals surface area contributed by atoms with E-state index in [2.05, 4.69) is 0 Å². The summed E-state index contributed by atoms with van der Waals surface area (Å²) in [6.45, 7) is -12.8. The molecule has 0 amide bonds. The predicted molar refractivity (Wildman–Crippen MR) is 471 cm³/mol. The van der Waals surface area contributed by atoms with Crippen molar-refractivity contribution in [2.24, 2.45) is 93.9 Å². The van der Waals surface area contributed by atoms with E-state index in [1.54, 1.807) is 14.7 Å². The van der Waals surface area contributed by atoms with Crippen molar-refractivity contribution in [3.05, 3.63) is 92.8 Å². The summed E-state index contributed by atoms with van der Waals surface area (Å²) in [5, 5.41) is 0. The highest BCUT2D eigenvalue weighted by Crippen LogP contribution is 2.50. The summed E-state index contributed by atoms with van der Waals surface area (Å²) in [6, 6.07) is -23.8. The Bertz CT molecular complexity index is 6170. The Morgan fingerprint density at radius 3 is 0.825 bits per heavy atom. The van der Waals surface area contributed by atoms with Crippen LogP contribution in [0.3, 0.4) is 0 Å². The second kappa shape index (κ2) is 43.9. The quantitative estimate of drug-likeness (QED) is 0.0303. The lowest BCUT2D eigenvalue weighted by Gasteiger charge is -2.47. The molecule has 8 aliphatic heterocycles. The Morgan fingerprint density at radius 2 is 0.583 bits per heavy atom. The number of esters is 4. The smallest absolute Gasteiger partial charge is 0.323 e. The van der Waals surface area contributed by atoms with Crippen LogP contribution in [0.2, 0.25) is 0 Å². The minimum absolute atomic E-state index is 0.00255. The van der Waals surface area contributed by atoms with Crippen LogP contribution in [0.1, 0.15) is 300 Å². The average molecular weight is 1730 g/mol. The normalized spacial score (nSPS) is 36.6. The number of nitrogens with two attached hydrogens (primary N) is 4. The van der Waals surface area contributed by atoms with Crippen LogP contribution in [-0.2, 0) is 63.8 Å². The van der Waals surface area contributed by atoms with Gasteiger partial charge in [0.05, 0.1) is 88.3 Å². The van der Waals surface area contributed by atoms with E-state index in [1.807, 2.05) is 60.3 Å². The second-order valence-corrected chi connectivity index (χ2v) is 32.2. The molecule has 4 saturated heterocycles. The van der Waals surface area contributed by atoms with Crippen molar-refractivity contribution in [2.75, 3.05) is 109 Å². The van der Waals surface area contributed by atoms with Gasteiger partial charge in [0.15, 0.2) is 46.0 Å². The molecule has 12 rings (SSSR count). The molecule has 16 atom stereocenters. The van der Waals surface area contributed by atoms with Crippen LogP contribution < -0.4 is 60.8 Å². The van der Waals surface area contributed by atoms with Gasteiger partial charge in [0.25, 0.3) is 0 Å². The number of benzene rings is 4. The highest BCUT2D eigenvalue weighted by Gasteiger charge is 2.47. The van der Waals surface area contributed by atoms with Crippen LogP contribution in [0.25, 0.3) is 0 Å². The van der Waals surface area contributed by atoms with Crippen molar-refractivity contribution in [3.63, 3.8) is 0 Å². The van der Waals surface area contributed by atoms with E-state index in [0.29, 0.717) is 49.8 Å². The number of methoxy groups -OCH3 is 8. The van der Waals surface area contributed by atoms with E-state index < -0.39 is 243 Å². The van der Waals surface area contributed by atoms with Crippen molar-refractivity contribution in [3.8, 4) is 46.0 Å². The lowest BCUT2D eigenvalue weighted by atomic mass is 9.79. The average Bonchev–Trinajstić information content (AvgIpc) is 0.701. The molecule has 0 radical (unpaired) electrons. The first-order chi connectivity index (χ1) is 77.0. The summed E-state index contributed by atoms with van der Waals surface area (Å²) in [5.41, 5.74) is 24.3. The van der Waals surface area contributed by atoms with Crippen molar-refractivity contribution >= 4 is 23.9 Å². The monoisotopic (exact) mass is 1720 g/mol. The summed E-state index contributed by atoms with van der Waals surface area (Å²) >= 11 is 0. The molecule has 672 valence electrons. The van der Waals surface area contributed by atoms with Gasteiger partial charge in [0, 0.05) is 164 Å². The molecule has 24 nitrogen and oxygen atoms in total. The van der Waals surface area contributed by atoms with Gasteiger partial charge in [-0.1, -0.05) is 110 Å². The second-order valence-electron chi connectivity index (χ2n) is 32.2. The van der Waals surface area contributed by atoms with Gasteiger partial charge in [-0.15, -0.1) is 0 Å². The molecule has 12 unspecified atom stereocenters. The zero-order valence-electron chi connectivity index (χ0n) is 122. The van der Waals surface area contributed by atoms with Crippen LogP contribution >= 0.6 is 0 Å². The van der Waals surface area contributed by atoms with E-state index in [1.165, 1.54) is 28.4 Å². The first kappa shape index (κ1) is 47.8. The van der Waals surface area contributed by atoms with Gasteiger partial charge < -0.3 is 79.8 Å². The Kier molecular flexibility index (Phi) is 17.5. The molecule has 8 heterocycles. The lowest BCUT2D eigenvalue weighted by molar-refractivity contribution is -0.161. The Balaban J connectivity index is 0.000000250. The highest BCUT2D eigenvalue weighted by atomic mass is 16.6. The highest BCUT2D eigenvalue weighted by molar-refractivity contribution is 5.77. The Morgan fingerprint density at radius 1 is 0.358 bits per heavy atom. The molecule has 24 heteroatoms. The third kappa shape index (κ3) is 23.8. The summed E-state index contributed by atoms with van der Waals surface area (Å²) in [5.74, 6) is -26.0. The predicted octanol–water partition coefficient (Wildman–Crippen LogP) is 14.3. The van der Waals surface area contributed by atoms with Gasteiger partial charge in [-0.2, -0.15) is 0 Å². The molecule has 4 fully saturated rings. The third-order valence-electron chi connectivity index (χ3n) is 22.1. The molecule has 0 spiro atoms. The largest absolute Gasteiger partial charge is 0.493 e. The summed E-state index contributed by atoms with van der Waals surface area (Å²) in [7, 11) is 1.68. The lowest BCUT2D eigenvalue weighted by Crippen LogP contribution is -2.51. The fourth-order valence-electron chi connectivity index (χ4n) is 16.5. The molecule has 0 aromatic heterocycles. The molecule has 120 heavy (non-hydrogen) atoms. The topological polar surface area (TPSA) is 296 Å². The van der Waals surface area contributed by atoms with Gasteiger partial charge in [0.2, 0.25) is 0 Å². The van der Waals surface area contributed by atoms with Gasteiger partial charge >= 0.3 is 23.9 Å². The SMILES string of the molecule is [2H]c1c2c(c([2H])c(OC)c1OC([2H])([2H])[2H])C1([2H])CC(OC(=O)[C@@]([2H])(N)C([2H])(C([2H])([2H])[2H])C([2H])([2H])[2H])C(CC(C)C)CN1CC2.[2H]c1c2c(c([2H])c(OC)c1OC([2H])([2H])[2H])C1([2H])CC(OC(=O)[C@@]([2H])(N)C([2H])(C([2H])([2H])[2H])C([2H])([2H])[2H])C(CC(C)C)CN1CC2.[2H]c1c2c(c([2H])c(OC)c1OC)C1([2H])CC(OC(=O)[C@@]([2H])(N)C([2H])(C([2H])([2H])[2H])C([2H])([2H])[2H])C(CC(C)C)CN1CC2.[2H]c1c2c(c([2H])c(OC)c1OC)C1([2H])CC([2H])(OC(=O)[C@@]([2H])(N)C([2H])(C([2H])([2H])[2H])C([2H])([2H])[2H])C(CC(C)C)CN1CC2. The van der Waals surface area contributed by atoms with Gasteiger partial charge in [0.1, 0.15) is 48.5 Å². The molecular weight excluding hydrogens is 1520 g/mol. The standard InChI is InChI=1S/4C24H38N2O4/c4*1-14(2)9-17-13-26-8-7-16-10-21(28-5)22(29-6)11-18(16)19(26)12-20(17)30-24(27)23(25)15(3)4/h4*10-11,14-15,17,19-20,23H,7-9,12-13,25H2,1-6H3/t4*17?,19?,20?,23-/m0000/s1/i3D3,4D3,10D,11D,15D,19D,20D,23D;2*3D3,4D3,5D3,10D,11D,15D,19D,23D;3D3,4D3,10D,11D,15D,19D,23D. The van der Waals surface area contributed by atoms with Crippen molar-refractivity contribution < 1.29 is 146 Å². The van der Waals surface area contributed by atoms with E-state index >= 15 is 0 Å². The first-order valence-corrected chi connectivity index (χ1v) is 39.8. The van der Waals surface area contributed by atoms with Gasteiger partial charge in [-0.3, -0.25) is 38.8 Å². The van der Waals surface area contributed by atoms with Gasteiger partial charge in [-0.05, 0) is 191 Å². The van der Waals surface area contributed by atoms with Crippen LogP contribution in [0, 0.1) is 70.9 Å². The number of ether oxygens (including phenoxy) is 12. The number of hydrogen-bond acceptors (Lipinski definition) is 24. The molecule has 8 aliphatic rings. The van der Waals surface area contributed by atoms with E-state index in [9.17, 15) is 26.0 Å². The number of fused-ring (bicyclic) bond motifs is 12. The van der Waals surface area contributed by atoms with E-state index in [0.717, 1.165) is 14.2 Å². The molecule has 0 saturated carbocycles. The molecule has 8 N–H and O–H groups in total. The van der Waals surface area contributed by atoms with Crippen molar-refractivity contribution in [2.45, 2.75) is 260 Å². The number of nitrogens with zero attached hydrogens (tertiary/aromatic N) is 4. The summed E-state index contributed by atoms with van der Waals surface area (Å²) in [4.78, 5) is 60.7. The zero-order chi connectivity index (χ0) is 132. The van der Waals surface area contributed by atoms with Crippen molar-refractivity contribution in [1.82, 2.24) is 19.6 Å².